The predicted octanol–water partition coefficient (Wildman–Crippen LogP) is 2.66. The molecular weight excluding hydrogens is 236 g/mol. The fourth-order valence-electron chi connectivity index (χ4n) is 3.08. The molecule has 1 aliphatic heterocycles. The summed E-state index contributed by atoms with van der Waals surface area (Å²) in [6.07, 6.45) is 4.49. The van der Waals surface area contributed by atoms with Gasteiger partial charge in [-0.1, -0.05) is 24.3 Å². The van der Waals surface area contributed by atoms with Crippen molar-refractivity contribution in [2.75, 3.05) is 6.54 Å². The first-order valence-electron chi connectivity index (χ1n) is 7.03. The van der Waals surface area contributed by atoms with Crippen LogP contribution in [-0.4, -0.2) is 17.4 Å². The van der Waals surface area contributed by atoms with Crippen LogP contribution in [0.2, 0.25) is 0 Å². The zero-order valence-corrected chi connectivity index (χ0v) is 11.1. The summed E-state index contributed by atoms with van der Waals surface area (Å²) >= 11 is 0. The van der Waals surface area contributed by atoms with Crippen LogP contribution in [0.1, 0.15) is 36.8 Å². The van der Waals surface area contributed by atoms with Crippen LogP contribution in [0.4, 0.5) is 0 Å². The molecule has 2 aliphatic rings. The number of hydrogen-bond donors (Lipinski definition) is 0. The van der Waals surface area contributed by atoms with Gasteiger partial charge in [-0.15, -0.1) is 0 Å². The third-order valence-corrected chi connectivity index (χ3v) is 4.47. The van der Waals surface area contributed by atoms with Crippen LogP contribution < -0.4 is 0 Å². The maximum absolute atomic E-state index is 12.6. The standard InChI is InChI=1S/C16H18N2O/c17-12-16(8-4-9-16)15(19)18-10-3-7-13-5-1-2-6-14(13)11-18/h1-2,5-6H,3-4,7-11H2. The van der Waals surface area contributed by atoms with E-state index < -0.39 is 5.41 Å². The minimum absolute atomic E-state index is 0.0537. The lowest BCUT2D eigenvalue weighted by atomic mass is 9.69. The SMILES string of the molecule is N#CC1(C(=O)N2CCCc3ccccc3C2)CCC1. The summed E-state index contributed by atoms with van der Waals surface area (Å²) in [5.41, 5.74) is 1.87. The van der Waals surface area contributed by atoms with E-state index in [1.54, 1.807) is 0 Å². The molecule has 0 aromatic heterocycles. The Balaban J connectivity index is 1.83. The molecule has 0 bridgehead atoms. The first kappa shape index (κ1) is 12.2. The number of nitrogens with zero attached hydrogens (tertiary/aromatic N) is 2. The van der Waals surface area contributed by atoms with Crippen molar-refractivity contribution >= 4 is 5.91 Å². The highest BCUT2D eigenvalue weighted by molar-refractivity contribution is 5.86. The Kier molecular flexibility index (Phi) is 3.02. The average molecular weight is 254 g/mol. The van der Waals surface area contributed by atoms with Crippen molar-refractivity contribution in [2.45, 2.75) is 38.6 Å². The maximum Gasteiger partial charge on any atom is 0.243 e. The lowest BCUT2D eigenvalue weighted by Gasteiger charge is -2.37. The van der Waals surface area contributed by atoms with E-state index in [0.717, 1.165) is 38.6 Å². The Morgan fingerprint density at radius 3 is 2.58 bits per heavy atom. The number of benzene rings is 1. The van der Waals surface area contributed by atoms with Crippen LogP contribution in [-0.2, 0) is 17.8 Å². The number of carbonyl (C=O) groups excluding carboxylic acids is 1. The van der Waals surface area contributed by atoms with Crippen LogP contribution in [0.15, 0.2) is 24.3 Å². The first-order chi connectivity index (χ1) is 9.25. The molecule has 3 rings (SSSR count). The summed E-state index contributed by atoms with van der Waals surface area (Å²) in [5.74, 6) is 0.0537. The Hall–Kier alpha value is -1.82. The van der Waals surface area contributed by atoms with Crippen molar-refractivity contribution in [1.29, 1.82) is 5.26 Å². The van der Waals surface area contributed by atoms with Crippen molar-refractivity contribution in [2.24, 2.45) is 5.41 Å². The Morgan fingerprint density at radius 2 is 1.95 bits per heavy atom. The summed E-state index contributed by atoms with van der Waals surface area (Å²) in [4.78, 5) is 14.5. The van der Waals surface area contributed by atoms with Gasteiger partial charge in [0.05, 0.1) is 6.07 Å². The summed E-state index contributed by atoms with van der Waals surface area (Å²) in [6.45, 7) is 1.44. The Bertz CT molecular complexity index is 540. The van der Waals surface area contributed by atoms with Crippen molar-refractivity contribution < 1.29 is 4.79 Å². The normalized spacial score (nSPS) is 20.7. The van der Waals surface area contributed by atoms with E-state index in [9.17, 15) is 10.1 Å². The fraction of sp³-hybridized carbons (Fsp3) is 0.500. The molecule has 0 saturated heterocycles. The van der Waals surface area contributed by atoms with Gasteiger partial charge in [0, 0.05) is 13.1 Å². The minimum Gasteiger partial charge on any atom is -0.337 e. The minimum atomic E-state index is -0.709. The van der Waals surface area contributed by atoms with Crippen molar-refractivity contribution in [1.82, 2.24) is 4.90 Å². The van der Waals surface area contributed by atoms with Crippen LogP contribution >= 0.6 is 0 Å². The summed E-state index contributed by atoms with van der Waals surface area (Å²) in [7, 11) is 0. The van der Waals surface area contributed by atoms with E-state index in [1.807, 2.05) is 11.0 Å². The molecule has 1 amide bonds. The second-order valence-corrected chi connectivity index (χ2v) is 5.65. The molecule has 0 atom stereocenters. The molecule has 19 heavy (non-hydrogen) atoms. The molecule has 1 aromatic carbocycles. The number of carbonyl (C=O) groups is 1. The molecule has 1 aromatic rings. The van der Waals surface area contributed by atoms with Crippen LogP contribution in [0.5, 0.6) is 0 Å². The molecule has 3 nitrogen and oxygen atoms in total. The van der Waals surface area contributed by atoms with Gasteiger partial charge in [-0.3, -0.25) is 4.79 Å². The van der Waals surface area contributed by atoms with Gasteiger partial charge in [-0.25, -0.2) is 0 Å². The van der Waals surface area contributed by atoms with E-state index in [4.69, 9.17) is 0 Å². The van der Waals surface area contributed by atoms with Crippen molar-refractivity contribution in [3.8, 4) is 6.07 Å². The quantitative estimate of drug-likeness (QED) is 0.773. The zero-order valence-electron chi connectivity index (χ0n) is 11.1. The van der Waals surface area contributed by atoms with Gasteiger partial charge in [-0.05, 0) is 43.2 Å². The lowest BCUT2D eigenvalue weighted by Crippen LogP contribution is -2.46. The molecule has 3 heteroatoms. The van der Waals surface area contributed by atoms with Crippen molar-refractivity contribution in [3.05, 3.63) is 35.4 Å². The van der Waals surface area contributed by atoms with Crippen molar-refractivity contribution in [3.63, 3.8) is 0 Å². The highest BCUT2D eigenvalue weighted by Crippen LogP contribution is 2.42. The number of fused-ring (bicyclic) bond motifs is 1. The third-order valence-electron chi connectivity index (χ3n) is 4.47. The number of rotatable bonds is 1. The fourth-order valence-corrected chi connectivity index (χ4v) is 3.08. The molecule has 1 aliphatic carbocycles. The summed E-state index contributed by atoms with van der Waals surface area (Å²) in [6, 6.07) is 10.6. The van der Waals surface area contributed by atoms with Gasteiger partial charge in [0.25, 0.3) is 0 Å². The number of hydrogen-bond acceptors (Lipinski definition) is 2. The second kappa shape index (κ2) is 4.70. The number of nitriles is 1. The average Bonchev–Trinajstić information content (AvgIpc) is 2.60. The monoisotopic (exact) mass is 254 g/mol. The van der Waals surface area contributed by atoms with Gasteiger partial charge >= 0.3 is 0 Å². The molecule has 1 heterocycles. The molecule has 1 saturated carbocycles. The molecular formula is C16H18N2O. The topological polar surface area (TPSA) is 44.1 Å². The Labute approximate surface area is 113 Å². The smallest absolute Gasteiger partial charge is 0.243 e. The van der Waals surface area contributed by atoms with E-state index in [0.29, 0.717) is 6.54 Å². The van der Waals surface area contributed by atoms with Gasteiger partial charge in [0.2, 0.25) is 5.91 Å². The molecule has 0 unspecified atom stereocenters. The molecule has 0 N–H and O–H groups in total. The lowest BCUT2D eigenvalue weighted by molar-refractivity contribution is -0.143. The maximum atomic E-state index is 12.6. The van der Waals surface area contributed by atoms with Crippen LogP contribution in [0.25, 0.3) is 0 Å². The van der Waals surface area contributed by atoms with E-state index in [-0.39, 0.29) is 5.91 Å². The largest absolute Gasteiger partial charge is 0.337 e. The van der Waals surface area contributed by atoms with Gasteiger partial charge in [0.1, 0.15) is 5.41 Å². The Morgan fingerprint density at radius 1 is 1.21 bits per heavy atom. The molecule has 98 valence electrons. The van der Waals surface area contributed by atoms with E-state index in [1.165, 1.54) is 11.1 Å². The highest BCUT2D eigenvalue weighted by Gasteiger charge is 2.46. The first-order valence-corrected chi connectivity index (χ1v) is 7.03. The van der Waals surface area contributed by atoms with E-state index >= 15 is 0 Å². The van der Waals surface area contributed by atoms with Gasteiger partial charge < -0.3 is 4.90 Å². The summed E-state index contributed by atoms with van der Waals surface area (Å²) in [5, 5.41) is 9.31. The van der Waals surface area contributed by atoms with Crippen LogP contribution in [0.3, 0.4) is 0 Å². The van der Waals surface area contributed by atoms with E-state index in [2.05, 4.69) is 24.3 Å². The van der Waals surface area contributed by atoms with Crippen LogP contribution in [0, 0.1) is 16.7 Å². The summed E-state index contributed by atoms with van der Waals surface area (Å²) < 4.78 is 0. The number of amides is 1. The molecule has 1 fully saturated rings. The third kappa shape index (κ3) is 2.02. The molecule has 0 radical (unpaired) electrons. The van der Waals surface area contributed by atoms with Gasteiger partial charge in [0.15, 0.2) is 0 Å². The predicted molar refractivity (Wildman–Crippen MR) is 72.1 cm³/mol. The highest BCUT2D eigenvalue weighted by atomic mass is 16.2. The van der Waals surface area contributed by atoms with Gasteiger partial charge in [-0.2, -0.15) is 5.26 Å². The number of aryl methyl sites for hydroxylation is 1. The molecule has 0 spiro atoms. The second-order valence-electron chi connectivity index (χ2n) is 5.65. The zero-order chi connectivity index (χ0) is 13.3.